The number of hydrogen-bond donors (Lipinski definition) is 1. The summed E-state index contributed by atoms with van der Waals surface area (Å²) in [5, 5.41) is 2.38. The van der Waals surface area contributed by atoms with Crippen molar-refractivity contribution in [2.24, 2.45) is 0 Å². The Bertz CT molecular complexity index is 886. The average Bonchev–Trinajstić information content (AvgIpc) is 2.66. The van der Waals surface area contributed by atoms with Gasteiger partial charge in [-0.15, -0.1) is 0 Å². The van der Waals surface area contributed by atoms with Crippen LogP contribution in [0.1, 0.15) is 12.5 Å². The van der Waals surface area contributed by atoms with E-state index in [9.17, 15) is 22.8 Å². The molecule has 0 aliphatic rings. The smallest absolute Gasteiger partial charge is 0.387 e. The molecule has 29 heavy (non-hydrogen) atoms. The first-order valence-corrected chi connectivity index (χ1v) is 8.49. The number of anilines is 1. The highest BCUT2D eigenvalue weighted by Gasteiger charge is 2.11. The van der Waals surface area contributed by atoms with E-state index in [2.05, 4.69) is 10.1 Å². The van der Waals surface area contributed by atoms with E-state index in [1.807, 2.05) is 0 Å². The third-order valence-corrected chi connectivity index (χ3v) is 3.35. The van der Waals surface area contributed by atoms with Crippen LogP contribution in [0.4, 0.5) is 18.9 Å². The van der Waals surface area contributed by atoms with Gasteiger partial charge in [0.15, 0.2) is 18.1 Å². The molecule has 0 heterocycles. The van der Waals surface area contributed by atoms with Gasteiger partial charge in [-0.25, -0.2) is 9.18 Å². The Hall–Kier alpha value is -3.49. The van der Waals surface area contributed by atoms with E-state index in [4.69, 9.17) is 9.47 Å². The van der Waals surface area contributed by atoms with Crippen molar-refractivity contribution in [2.45, 2.75) is 13.5 Å². The predicted octanol–water partition coefficient (Wildman–Crippen LogP) is 4.02. The Morgan fingerprint density at radius 1 is 1.14 bits per heavy atom. The Morgan fingerprint density at radius 3 is 2.62 bits per heavy atom. The lowest BCUT2D eigenvalue weighted by atomic mass is 10.2. The van der Waals surface area contributed by atoms with Crippen LogP contribution in [0.25, 0.3) is 6.08 Å². The molecule has 0 unspecified atom stereocenters. The van der Waals surface area contributed by atoms with E-state index in [0.29, 0.717) is 5.56 Å². The van der Waals surface area contributed by atoms with Gasteiger partial charge in [0.1, 0.15) is 5.82 Å². The SMILES string of the molecule is CCOc1cc(/C=C/C(=O)OCC(=O)Nc2cccc(F)c2)ccc1OC(F)F. The van der Waals surface area contributed by atoms with Crippen LogP contribution in [-0.4, -0.2) is 31.7 Å². The van der Waals surface area contributed by atoms with Crippen molar-refractivity contribution in [3.05, 3.63) is 59.9 Å². The molecule has 6 nitrogen and oxygen atoms in total. The van der Waals surface area contributed by atoms with E-state index in [0.717, 1.165) is 12.1 Å². The molecule has 0 spiro atoms. The van der Waals surface area contributed by atoms with Crippen molar-refractivity contribution < 1.29 is 37.0 Å². The van der Waals surface area contributed by atoms with Gasteiger partial charge in [-0.05, 0) is 48.9 Å². The molecule has 1 N–H and O–H groups in total. The van der Waals surface area contributed by atoms with Crippen molar-refractivity contribution in [1.29, 1.82) is 0 Å². The maximum Gasteiger partial charge on any atom is 0.387 e. The molecule has 0 aromatic heterocycles. The second-order valence-corrected chi connectivity index (χ2v) is 5.52. The first-order chi connectivity index (χ1) is 13.9. The molecule has 2 aromatic carbocycles. The molecule has 0 bridgehead atoms. The molecule has 2 rings (SSSR count). The summed E-state index contributed by atoms with van der Waals surface area (Å²) in [6, 6.07) is 9.41. The van der Waals surface area contributed by atoms with Gasteiger partial charge in [0.05, 0.1) is 6.61 Å². The van der Waals surface area contributed by atoms with Gasteiger partial charge < -0.3 is 19.5 Å². The first-order valence-electron chi connectivity index (χ1n) is 8.49. The van der Waals surface area contributed by atoms with Crippen LogP contribution in [0.3, 0.4) is 0 Å². The zero-order chi connectivity index (χ0) is 21.2. The molecular formula is C20H18F3NO5. The number of carbonyl (C=O) groups excluding carboxylic acids is 2. The third-order valence-electron chi connectivity index (χ3n) is 3.35. The van der Waals surface area contributed by atoms with E-state index < -0.39 is 30.9 Å². The highest BCUT2D eigenvalue weighted by molar-refractivity contribution is 5.94. The highest BCUT2D eigenvalue weighted by Crippen LogP contribution is 2.30. The molecule has 154 valence electrons. The van der Waals surface area contributed by atoms with Crippen molar-refractivity contribution in [2.75, 3.05) is 18.5 Å². The number of nitrogens with one attached hydrogen (secondary N) is 1. The summed E-state index contributed by atoms with van der Waals surface area (Å²) in [6.45, 7) is -1.65. The zero-order valence-electron chi connectivity index (χ0n) is 15.4. The standard InChI is InChI=1S/C20H18F3NO5/c1-2-27-17-10-13(6-8-16(17)29-20(22)23)7-9-19(26)28-12-18(25)24-15-5-3-4-14(21)11-15/h3-11,20H,2,12H2,1H3,(H,24,25)/b9-7+. The molecule has 9 heteroatoms. The van der Waals surface area contributed by atoms with Gasteiger partial charge in [-0.1, -0.05) is 12.1 Å². The number of alkyl halides is 2. The Balaban J connectivity index is 1.90. The number of benzene rings is 2. The highest BCUT2D eigenvalue weighted by atomic mass is 19.3. The average molecular weight is 409 g/mol. The Labute approximate surface area is 164 Å². The quantitative estimate of drug-likeness (QED) is 0.500. The fourth-order valence-corrected chi connectivity index (χ4v) is 2.20. The van der Waals surface area contributed by atoms with Gasteiger partial charge in [-0.3, -0.25) is 4.79 Å². The lowest BCUT2D eigenvalue weighted by Gasteiger charge is -2.11. The minimum Gasteiger partial charge on any atom is -0.490 e. The number of ether oxygens (including phenoxy) is 3. The molecule has 2 aromatic rings. The Morgan fingerprint density at radius 2 is 1.93 bits per heavy atom. The maximum absolute atomic E-state index is 13.1. The van der Waals surface area contributed by atoms with Crippen LogP contribution in [0.15, 0.2) is 48.5 Å². The fraction of sp³-hybridized carbons (Fsp3) is 0.200. The minimum atomic E-state index is -3.00. The summed E-state index contributed by atoms with van der Waals surface area (Å²) in [7, 11) is 0. The molecule has 1 amide bonds. The molecule has 0 fully saturated rings. The third kappa shape index (κ3) is 7.57. The topological polar surface area (TPSA) is 73.9 Å². The van der Waals surface area contributed by atoms with Crippen LogP contribution in [0, 0.1) is 5.82 Å². The first kappa shape index (κ1) is 21.8. The van der Waals surface area contributed by atoms with Crippen LogP contribution in [0.5, 0.6) is 11.5 Å². The summed E-state index contributed by atoms with van der Waals surface area (Å²) in [5.41, 5.74) is 0.701. The fourth-order valence-electron chi connectivity index (χ4n) is 2.20. The van der Waals surface area contributed by atoms with Crippen LogP contribution < -0.4 is 14.8 Å². The van der Waals surface area contributed by atoms with Crippen molar-refractivity contribution >= 4 is 23.6 Å². The number of amides is 1. The zero-order valence-corrected chi connectivity index (χ0v) is 15.4. The van der Waals surface area contributed by atoms with Gasteiger partial charge in [0, 0.05) is 11.8 Å². The van der Waals surface area contributed by atoms with E-state index in [1.165, 1.54) is 42.5 Å². The maximum atomic E-state index is 13.1. The monoisotopic (exact) mass is 409 g/mol. The number of rotatable bonds is 9. The largest absolute Gasteiger partial charge is 0.490 e. The van der Waals surface area contributed by atoms with Crippen molar-refractivity contribution in [1.82, 2.24) is 0 Å². The van der Waals surface area contributed by atoms with E-state index in [-0.39, 0.29) is 23.8 Å². The summed E-state index contributed by atoms with van der Waals surface area (Å²) in [6.07, 6.45) is 2.43. The number of hydrogen-bond acceptors (Lipinski definition) is 5. The second kappa shape index (κ2) is 10.7. The van der Waals surface area contributed by atoms with E-state index in [1.54, 1.807) is 6.92 Å². The molecule has 0 atom stereocenters. The summed E-state index contributed by atoms with van der Waals surface area (Å²) >= 11 is 0. The molecular weight excluding hydrogens is 391 g/mol. The summed E-state index contributed by atoms with van der Waals surface area (Å²) in [5.74, 6) is -1.98. The molecule has 0 radical (unpaired) electrons. The van der Waals surface area contributed by atoms with Crippen LogP contribution in [0.2, 0.25) is 0 Å². The van der Waals surface area contributed by atoms with E-state index >= 15 is 0 Å². The minimum absolute atomic E-state index is 0.0952. The molecule has 0 aliphatic heterocycles. The van der Waals surface area contributed by atoms with Crippen LogP contribution >= 0.6 is 0 Å². The van der Waals surface area contributed by atoms with Crippen molar-refractivity contribution in [3.63, 3.8) is 0 Å². The predicted molar refractivity (Wildman–Crippen MR) is 99.3 cm³/mol. The number of halogens is 3. The summed E-state index contributed by atoms with van der Waals surface area (Å²) in [4.78, 5) is 23.5. The number of carbonyl (C=O) groups is 2. The number of esters is 1. The van der Waals surface area contributed by atoms with Gasteiger partial charge >= 0.3 is 12.6 Å². The normalized spacial score (nSPS) is 10.8. The van der Waals surface area contributed by atoms with Crippen molar-refractivity contribution in [3.8, 4) is 11.5 Å². The lowest BCUT2D eigenvalue weighted by molar-refractivity contribution is -0.142. The second-order valence-electron chi connectivity index (χ2n) is 5.52. The molecule has 0 saturated carbocycles. The van der Waals surface area contributed by atoms with Gasteiger partial charge in [0.25, 0.3) is 5.91 Å². The van der Waals surface area contributed by atoms with Crippen LogP contribution in [-0.2, 0) is 14.3 Å². The van der Waals surface area contributed by atoms with Gasteiger partial charge in [0.2, 0.25) is 0 Å². The molecule has 0 saturated heterocycles. The summed E-state index contributed by atoms with van der Waals surface area (Å²) < 4.78 is 52.2. The Kier molecular flexibility index (Phi) is 8.08. The molecule has 0 aliphatic carbocycles. The lowest BCUT2D eigenvalue weighted by Crippen LogP contribution is -2.20. The van der Waals surface area contributed by atoms with Gasteiger partial charge in [-0.2, -0.15) is 8.78 Å².